The lowest BCUT2D eigenvalue weighted by atomic mass is 10.1. The van der Waals surface area contributed by atoms with Crippen molar-refractivity contribution in [3.05, 3.63) is 89.3 Å². The van der Waals surface area contributed by atoms with E-state index in [2.05, 4.69) is 26.0 Å². The number of nitrogens with zero attached hydrogens (tertiary/aromatic N) is 1. The lowest BCUT2D eigenvalue weighted by molar-refractivity contribution is 0.415. The third kappa shape index (κ3) is 3.49. The van der Waals surface area contributed by atoms with Crippen molar-refractivity contribution in [1.29, 1.82) is 0 Å². The molecule has 0 saturated heterocycles. The first-order chi connectivity index (χ1) is 13.1. The summed E-state index contributed by atoms with van der Waals surface area (Å²) in [5.41, 5.74) is 5.24. The highest BCUT2D eigenvalue weighted by atomic mass is 16.5. The number of para-hydroxylation sites is 1. The molecule has 3 heteroatoms. The summed E-state index contributed by atoms with van der Waals surface area (Å²) < 4.78 is 11.4. The highest BCUT2D eigenvalue weighted by Gasteiger charge is 2.06. The number of benzene rings is 3. The summed E-state index contributed by atoms with van der Waals surface area (Å²) in [4.78, 5) is 4.91. The molecule has 3 nitrogen and oxygen atoms in total. The normalized spacial score (nSPS) is 11.7. The summed E-state index contributed by atoms with van der Waals surface area (Å²) >= 11 is 0. The molecule has 134 valence electrons. The minimum atomic E-state index is 0.777. The minimum Gasteiger partial charge on any atom is -0.497 e. The molecule has 0 aliphatic rings. The monoisotopic (exact) mass is 355 g/mol. The van der Waals surface area contributed by atoms with E-state index in [4.69, 9.17) is 14.1 Å². The number of hydrogen-bond acceptors (Lipinski definition) is 3. The average molecular weight is 355 g/mol. The zero-order chi connectivity index (χ0) is 18.8. The predicted molar refractivity (Wildman–Crippen MR) is 109 cm³/mol. The van der Waals surface area contributed by atoms with Crippen molar-refractivity contribution >= 4 is 16.7 Å². The lowest BCUT2D eigenvalue weighted by Crippen LogP contribution is -2.03. The van der Waals surface area contributed by atoms with Crippen LogP contribution in [0.25, 0.3) is 22.3 Å². The molecule has 27 heavy (non-hydrogen) atoms. The molecule has 0 saturated carbocycles. The molecule has 4 rings (SSSR count). The van der Waals surface area contributed by atoms with E-state index >= 15 is 0 Å². The minimum absolute atomic E-state index is 0.777. The van der Waals surface area contributed by atoms with Gasteiger partial charge in [-0.1, -0.05) is 18.2 Å². The summed E-state index contributed by atoms with van der Waals surface area (Å²) in [5, 5.41) is 1.89. The molecule has 0 atom stereocenters. The highest BCUT2D eigenvalue weighted by molar-refractivity contribution is 5.78. The van der Waals surface area contributed by atoms with Crippen molar-refractivity contribution < 1.29 is 9.15 Å². The van der Waals surface area contributed by atoms with Crippen LogP contribution in [-0.2, 0) is 0 Å². The summed E-state index contributed by atoms with van der Waals surface area (Å²) in [7, 11) is 1.66. The van der Waals surface area contributed by atoms with Gasteiger partial charge in [-0.25, -0.2) is 4.99 Å². The van der Waals surface area contributed by atoms with Crippen molar-refractivity contribution in [1.82, 2.24) is 0 Å². The van der Waals surface area contributed by atoms with Gasteiger partial charge in [0.05, 0.1) is 18.2 Å². The van der Waals surface area contributed by atoms with Crippen LogP contribution < -0.4 is 10.1 Å². The van der Waals surface area contributed by atoms with Gasteiger partial charge in [0.15, 0.2) is 0 Å². The van der Waals surface area contributed by atoms with Gasteiger partial charge in [-0.2, -0.15) is 0 Å². The largest absolute Gasteiger partial charge is 0.497 e. The van der Waals surface area contributed by atoms with Crippen LogP contribution in [0, 0.1) is 13.8 Å². The zero-order valence-corrected chi connectivity index (χ0v) is 15.7. The molecule has 3 aromatic carbocycles. The molecule has 0 aliphatic carbocycles. The SMILES string of the molecule is COc1ccc(-c2cc(=Nc3ccc(C)c(C)c3)c3ccccc3o2)cc1. The van der Waals surface area contributed by atoms with Crippen LogP contribution in [0.3, 0.4) is 0 Å². The first-order valence-electron chi connectivity index (χ1n) is 8.93. The number of aryl methyl sites for hydroxylation is 2. The van der Waals surface area contributed by atoms with Gasteiger partial charge >= 0.3 is 0 Å². The molecule has 4 aromatic rings. The van der Waals surface area contributed by atoms with Gasteiger partial charge in [0.2, 0.25) is 0 Å². The Morgan fingerprint density at radius 2 is 1.59 bits per heavy atom. The molecule has 0 N–H and O–H groups in total. The third-order valence-electron chi connectivity index (χ3n) is 4.77. The first-order valence-corrected chi connectivity index (χ1v) is 8.93. The van der Waals surface area contributed by atoms with Crippen molar-refractivity contribution in [3.63, 3.8) is 0 Å². The summed E-state index contributed by atoms with van der Waals surface area (Å²) in [6.07, 6.45) is 0. The maximum Gasteiger partial charge on any atom is 0.136 e. The fourth-order valence-corrected chi connectivity index (χ4v) is 3.04. The molecule has 0 unspecified atom stereocenters. The van der Waals surface area contributed by atoms with E-state index in [1.54, 1.807) is 7.11 Å². The fourth-order valence-electron chi connectivity index (χ4n) is 3.04. The molecule has 0 bridgehead atoms. The molecular weight excluding hydrogens is 334 g/mol. The van der Waals surface area contributed by atoms with E-state index in [9.17, 15) is 0 Å². The zero-order valence-electron chi connectivity index (χ0n) is 15.7. The van der Waals surface area contributed by atoms with E-state index in [0.29, 0.717) is 0 Å². The van der Waals surface area contributed by atoms with Gasteiger partial charge in [0.1, 0.15) is 17.1 Å². The van der Waals surface area contributed by atoms with Crippen LogP contribution in [0.15, 0.2) is 82.2 Å². The first kappa shape index (κ1) is 17.1. The molecule has 1 heterocycles. The molecule has 0 spiro atoms. The van der Waals surface area contributed by atoms with Crippen molar-refractivity contribution in [2.75, 3.05) is 7.11 Å². The third-order valence-corrected chi connectivity index (χ3v) is 4.77. The quantitative estimate of drug-likeness (QED) is 0.454. The maximum absolute atomic E-state index is 6.14. The molecule has 0 radical (unpaired) electrons. The van der Waals surface area contributed by atoms with Gasteiger partial charge in [-0.05, 0) is 73.5 Å². The van der Waals surface area contributed by atoms with E-state index < -0.39 is 0 Å². The van der Waals surface area contributed by atoms with Gasteiger partial charge in [-0.15, -0.1) is 0 Å². The van der Waals surface area contributed by atoms with Crippen LogP contribution in [0.2, 0.25) is 0 Å². The Balaban J connectivity index is 1.92. The molecule has 0 aliphatic heterocycles. The van der Waals surface area contributed by atoms with Crippen LogP contribution >= 0.6 is 0 Å². The van der Waals surface area contributed by atoms with E-state index in [0.717, 1.165) is 39.1 Å². The molecular formula is C24H21NO2. The van der Waals surface area contributed by atoms with Crippen molar-refractivity contribution in [3.8, 4) is 17.1 Å². The van der Waals surface area contributed by atoms with Gasteiger partial charge < -0.3 is 9.15 Å². The van der Waals surface area contributed by atoms with Gasteiger partial charge in [-0.3, -0.25) is 0 Å². The molecule has 0 amide bonds. The second-order valence-electron chi connectivity index (χ2n) is 6.60. The standard InChI is InChI=1S/C24H21NO2/c1-16-8-11-19(14-17(16)2)25-22-15-24(18-9-12-20(26-3)13-10-18)27-23-7-5-4-6-21(22)23/h4-15H,1-3H3. The Morgan fingerprint density at radius 1 is 0.815 bits per heavy atom. The smallest absolute Gasteiger partial charge is 0.136 e. The Bertz CT molecular complexity index is 1170. The second-order valence-corrected chi connectivity index (χ2v) is 6.60. The maximum atomic E-state index is 6.14. The molecule has 0 fully saturated rings. The predicted octanol–water partition coefficient (Wildman–Crippen LogP) is 5.96. The summed E-state index contributed by atoms with van der Waals surface area (Å²) in [6.45, 7) is 4.22. The Kier molecular flexibility index (Phi) is 4.51. The van der Waals surface area contributed by atoms with Gasteiger partial charge in [0, 0.05) is 17.0 Å². The lowest BCUT2D eigenvalue weighted by Gasteiger charge is -2.06. The van der Waals surface area contributed by atoms with Crippen LogP contribution in [0.4, 0.5) is 5.69 Å². The Morgan fingerprint density at radius 3 is 2.33 bits per heavy atom. The topological polar surface area (TPSA) is 34.7 Å². The molecule has 1 aromatic heterocycles. The highest BCUT2D eigenvalue weighted by Crippen LogP contribution is 2.25. The van der Waals surface area contributed by atoms with E-state index in [1.165, 1.54) is 11.1 Å². The number of rotatable bonds is 3. The Hall–Kier alpha value is -3.33. The van der Waals surface area contributed by atoms with E-state index in [1.807, 2.05) is 60.7 Å². The number of ether oxygens (including phenoxy) is 1. The number of fused-ring (bicyclic) bond motifs is 1. The number of methoxy groups -OCH3 is 1. The fraction of sp³-hybridized carbons (Fsp3) is 0.125. The second kappa shape index (κ2) is 7.12. The van der Waals surface area contributed by atoms with Crippen LogP contribution in [-0.4, -0.2) is 7.11 Å². The van der Waals surface area contributed by atoms with Crippen LogP contribution in [0.5, 0.6) is 5.75 Å². The van der Waals surface area contributed by atoms with Gasteiger partial charge in [0.25, 0.3) is 0 Å². The summed E-state index contributed by atoms with van der Waals surface area (Å²) in [6, 6.07) is 24.1. The Labute approximate surface area is 158 Å². The average Bonchev–Trinajstić information content (AvgIpc) is 2.71. The summed E-state index contributed by atoms with van der Waals surface area (Å²) in [5.74, 6) is 1.60. The van der Waals surface area contributed by atoms with Crippen molar-refractivity contribution in [2.45, 2.75) is 13.8 Å². The van der Waals surface area contributed by atoms with E-state index in [-0.39, 0.29) is 0 Å². The van der Waals surface area contributed by atoms with Crippen molar-refractivity contribution in [2.24, 2.45) is 4.99 Å². The number of hydrogen-bond donors (Lipinski definition) is 0. The van der Waals surface area contributed by atoms with Crippen LogP contribution in [0.1, 0.15) is 11.1 Å².